The minimum atomic E-state index is -0.771. The van der Waals surface area contributed by atoms with Gasteiger partial charge in [0.25, 0.3) is 0 Å². The van der Waals surface area contributed by atoms with E-state index in [9.17, 15) is 14.0 Å². The minimum Gasteiger partial charge on any atom is -0.465 e. The number of anilines is 1. The number of carbonyl (C=O) groups excluding carboxylic acids is 2. The lowest BCUT2D eigenvalue weighted by Gasteiger charge is -2.10. The first kappa shape index (κ1) is 17.9. The van der Waals surface area contributed by atoms with E-state index in [-0.39, 0.29) is 29.7 Å². The molecule has 0 fully saturated rings. The third kappa shape index (κ3) is 6.45. The van der Waals surface area contributed by atoms with Gasteiger partial charge in [-0.1, -0.05) is 15.9 Å². The van der Waals surface area contributed by atoms with Crippen molar-refractivity contribution < 1.29 is 18.7 Å². The average molecular weight is 379 g/mol. The minimum absolute atomic E-state index is 0.0720. The predicted molar refractivity (Wildman–Crippen MR) is 84.7 cm³/mol. The van der Waals surface area contributed by atoms with Gasteiger partial charge in [0.1, 0.15) is 11.9 Å². The van der Waals surface area contributed by atoms with Crippen molar-refractivity contribution in [3.05, 3.63) is 28.5 Å². The van der Waals surface area contributed by atoms with Gasteiger partial charge < -0.3 is 15.8 Å². The molecule has 0 spiro atoms. The van der Waals surface area contributed by atoms with Crippen molar-refractivity contribution in [2.45, 2.75) is 13.0 Å². The zero-order valence-electron chi connectivity index (χ0n) is 11.4. The Labute approximate surface area is 134 Å². The Morgan fingerprint density at radius 3 is 2.86 bits per heavy atom. The van der Waals surface area contributed by atoms with E-state index in [1.165, 1.54) is 23.9 Å². The molecule has 0 saturated heterocycles. The smallest absolute Gasteiger partial charge is 0.323 e. The van der Waals surface area contributed by atoms with Gasteiger partial charge in [0.15, 0.2) is 0 Å². The fourth-order valence-electron chi connectivity index (χ4n) is 1.37. The largest absolute Gasteiger partial charge is 0.465 e. The molecule has 116 valence electrons. The van der Waals surface area contributed by atoms with Crippen LogP contribution in [0.1, 0.15) is 6.92 Å². The summed E-state index contributed by atoms with van der Waals surface area (Å²) in [4.78, 5) is 22.9. The van der Waals surface area contributed by atoms with Crippen LogP contribution in [-0.2, 0) is 14.3 Å². The Morgan fingerprint density at radius 2 is 2.24 bits per heavy atom. The summed E-state index contributed by atoms with van der Waals surface area (Å²) >= 11 is 4.31. The van der Waals surface area contributed by atoms with E-state index < -0.39 is 17.8 Å². The molecule has 0 aliphatic carbocycles. The van der Waals surface area contributed by atoms with Crippen LogP contribution in [0.25, 0.3) is 0 Å². The summed E-state index contributed by atoms with van der Waals surface area (Å²) in [5.74, 6) is -1.05. The topological polar surface area (TPSA) is 81.4 Å². The first-order valence-corrected chi connectivity index (χ1v) is 8.13. The maximum absolute atomic E-state index is 13.5. The summed E-state index contributed by atoms with van der Waals surface area (Å²) in [5, 5.41) is 2.45. The molecule has 1 atom stereocenters. The van der Waals surface area contributed by atoms with Gasteiger partial charge in [0.2, 0.25) is 5.91 Å². The fraction of sp³-hybridized carbons (Fsp3) is 0.385. The van der Waals surface area contributed by atoms with Crippen LogP contribution in [-0.4, -0.2) is 36.0 Å². The summed E-state index contributed by atoms with van der Waals surface area (Å²) < 4.78 is 18.9. The van der Waals surface area contributed by atoms with Crippen LogP contribution < -0.4 is 11.1 Å². The molecule has 1 rings (SSSR count). The van der Waals surface area contributed by atoms with E-state index in [0.717, 1.165) is 0 Å². The van der Waals surface area contributed by atoms with Crippen LogP contribution in [0.4, 0.5) is 10.1 Å². The Balaban J connectivity index is 2.36. The third-order valence-electron chi connectivity index (χ3n) is 2.33. The molecule has 3 N–H and O–H groups in total. The second-order valence-corrected chi connectivity index (χ2v) is 5.99. The number of hydrogen-bond donors (Lipinski definition) is 2. The Bertz CT molecular complexity index is 516. The molecule has 0 bridgehead atoms. The molecule has 1 amide bonds. The van der Waals surface area contributed by atoms with Crippen LogP contribution in [0.3, 0.4) is 0 Å². The number of halogens is 2. The van der Waals surface area contributed by atoms with E-state index in [0.29, 0.717) is 4.47 Å². The number of nitrogens with two attached hydrogens (primary N) is 1. The molecule has 0 aromatic heterocycles. The van der Waals surface area contributed by atoms with Crippen LogP contribution in [0, 0.1) is 5.82 Å². The van der Waals surface area contributed by atoms with Crippen LogP contribution in [0.5, 0.6) is 0 Å². The zero-order chi connectivity index (χ0) is 15.8. The van der Waals surface area contributed by atoms with E-state index >= 15 is 0 Å². The van der Waals surface area contributed by atoms with Gasteiger partial charge in [-0.2, -0.15) is 0 Å². The predicted octanol–water partition coefficient (Wildman–Crippen LogP) is 2.15. The van der Waals surface area contributed by atoms with Crippen molar-refractivity contribution in [2.75, 3.05) is 23.4 Å². The number of carbonyl (C=O) groups is 2. The van der Waals surface area contributed by atoms with E-state index in [1.54, 1.807) is 13.0 Å². The molecular weight excluding hydrogens is 363 g/mol. The van der Waals surface area contributed by atoms with E-state index in [2.05, 4.69) is 21.2 Å². The molecule has 0 aliphatic rings. The van der Waals surface area contributed by atoms with Crippen molar-refractivity contribution >= 4 is 45.3 Å². The van der Waals surface area contributed by atoms with E-state index in [1.807, 2.05) is 0 Å². The van der Waals surface area contributed by atoms with Crippen molar-refractivity contribution in [3.8, 4) is 0 Å². The molecule has 0 saturated carbocycles. The number of benzene rings is 1. The molecule has 21 heavy (non-hydrogen) atoms. The highest BCUT2D eigenvalue weighted by Crippen LogP contribution is 2.19. The molecule has 1 aromatic rings. The normalized spacial score (nSPS) is 11.8. The quantitative estimate of drug-likeness (QED) is 0.710. The number of thioether (sulfide) groups is 1. The van der Waals surface area contributed by atoms with Crippen LogP contribution in [0.2, 0.25) is 0 Å². The molecular formula is C13H16BrFN2O3S. The number of nitrogens with one attached hydrogen (secondary N) is 1. The summed E-state index contributed by atoms with van der Waals surface area (Å²) in [6.45, 7) is 1.96. The fourth-order valence-corrected chi connectivity index (χ4v) is 2.47. The molecule has 0 radical (unpaired) electrons. The number of ether oxygens (including phenoxy) is 1. The van der Waals surface area contributed by atoms with E-state index in [4.69, 9.17) is 10.5 Å². The van der Waals surface area contributed by atoms with Crippen LogP contribution in [0.15, 0.2) is 22.7 Å². The van der Waals surface area contributed by atoms with Gasteiger partial charge >= 0.3 is 5.97 Å². The van der Waals surface area contributed by atoms with Gasteiger partial charge in [0.05, 0.1) is 18.0 Å². The second kappa shape index (κ2) is 9.01. The number of amides is 1. The highest BCUT2D eigenvalue weighted by Gasteiger charge is 2.15. The van der Waals surface area contributed by atoms with Gasteiger partial charge in [-0.05, 0) is 25.1 Å². The van der Waals surface area contributed by atoms with Crippen molar-refractivity contribution in [2.24, 2.45) is 5.73 Å². The maximum atomic E-state index is 13.5. The second-order valence-electron chi connectivity index (χ2n) is 4.05. The SMILES string of the molecule is CCOC(=O)C(N)CSCC(=O)Nc1ccc(Br)cc1F. The van der Waals surface area contributed by atoms with Gasteiger partial charge in [-0.25, -0.2) is 4.39 Å². The van der Waals surface area contributed by atoms with Crippen molar-refractivity contribution in [1.29, 1.82) is 0 Å². The maximum Gasteiger partial charge on any atom is 0.323 e. The summed E-state index contributed by atoms with van der Waals surface area (Å²) in [6.07, 6.45) is 0. The highest BCUT2D eigenvalue weighted by atomic mass is 79.9. The average Bonchev–Trinajstić information content (AvgIpc) is 2.42. The zero-order valence-corrected chi connectivity index (χ0v) is 13.8. The number of esters is 1. The molecule has 0 heterocycles. The Morgan fingerprint density at radius 1 is 1.52 bits per heavy atom. The molecule has 1 unspecified atom stereocenters. The van der Waals surface area contributed by atoms with Crippen molar-refractivity contribution in [3.63, 3.8) is 0 Å². The lowest BCUT2D eigenvalue weighted by molar-refractivity contribution is -0.144. The highest BCUT2D eigenvalue weighted by molar-refractivity contribution is 9.10. The lowest BCUT2D eigenvalue weighted by atomic mass is 10.3. The molecule has 8 heteroatoms. The molecule has 1 aromatic carbocycles. The van der Waals surface area contributed by atoms with Crippen molar-refractivity contribution in [1.82, 2.24) is 0 Å². The van der Waals surface area contributed by atoms with Gasteiger partial charge in [0, 0.05) is 10.2 Å². The number of hydrogen-bond acceptors (Lipinski definition) is 5. The summed E-state index contributed by atoms with van der Waals surface area (Å²) in [5.41, 5.74) is 5.70. The summed E-state index contributed by atoms with van der Waals surface area (Å²) in [7, 11) is 0. The number of rotatable bonds is 7. The lowest BCUT2D eigenvalue weighted by Crippen LogP contribution is -2.35. The van der Waals surface area contributed by atoms with Gasteiger partial charge in [-0.3, -0.25) is 9.59 Å². The third-order valence-corrected chi connectivity index (χ3v) is 3.88. The first-order valence-electron chi connectivity index (χ1n) is 6.19. The molecule has 0 aliphatic heterocycles. The summed E-state index contributed by atoms with van der Waals surface area (Å²) in [6, 6.07) is 3.58. The molecule has 5 nitrogen and oxygen atoms in total. The Kier molecular flexibility index (Phi) is 7.69. The van der Waals surface area contributed by atoms with Gasteiger partial charge in [-0.15, -0.1) is 11.8 Å². The first-order chi connectivity index (χ1) is 9.93. The van der Waals surface area contributed by atoms with Crippen LogP contribution >= 0.6 is 27.7 Å². The standard InChI is InChI=1S/C13H16BrFN2O3S/c1-2-20-13(19)10(16)6-21-7-12(18)17-11-4-3-8(14)5-9(11)15/h3-5,10H,2,6-7,16H2,1H3,(H,17,18). The monoisotopic (exact) mass is 378 g/mol. The Hall–Kier alpha value is -1.12.